The summed E-state index contributed by atoms with van der Waals surface area (Å²) in [5.74, 6) is 0. The quantitative estimate of drug-likeness (QED) is 0.721. The molecule has 2 heterocycles. The molecule has 0 spiro atoms. The minimum Gasteiger partial charge on any atom is -0.380 e. The monoisotopic (exact) mass is 396 g/mol. The molecule has 20 heavy (non-hydrogen) atoms. The summed E-state index contributed by atoms with van der Waals surface area (Å²) in [6, 6.07) is 9.70. The second-order valence-corrected chi connectivity index (χ2v) is 5.95. The van der Waals surface area contributed by atoms with Crippen molar-refractivity contribution in [1.82, 2.24) is 20.0 Å². The third kappa shape index (κ3) is 2.25. The van der Waals surface area contributed by atoms with E-state index in [2.05, 4.69) is 47.2 Å². The first kappa shape index (κ1) is 13.7. The van der Waals surface area contributed by atoms with E-state index in [0.29, 0.717) is 16.0 Å². The van der Waals surface area contributed by atoms with Crippen molar-refractivity contribution >= 4 is 42.8 Å². The Morgan fingerprint density at radius 1 is 1.25 bits per heavy atom. The second kappa shape index (κ2) is 5.23. The van der Waals surface area contributed by atoms with Gasteiger partial charge in [0.2, 0.25) is 0 Å². The molecule has 0 radical (unpaired) electrons. The predicted molar refractivity (Wildman–Crippen MR) is 82.2 cm³/mol. The molecule has 1 atom stereocenters. The summed E-state index contributed by atoms with van der Waals surface area (Å²) >= 11 is 6.76. The van der Waals surface area contributed by atoms with Gasteiger partial charge in [-0.25, -0.2) is 9.67 Å². The number of halogens is 2. The first-order valence-corrected chi connectivity index (χ1v) is 7.45. The number of fused-ring (bicyclic) bond motifs is 1. The molecule has 0 aliphatic rings. The standard InChI is InChI=1S/C13H10Br2N4O/c1-19-11(13(15)17-18-19)12(20)10-8(14)6-7-4-2-3-5-9(7)16-10/h2-6,12,20H,1H3. The van der Waals surface area contributed by atoms with E-state index in [-0.39, 0.29) is 0 Å². The predicted octanol–water partition coefficient (Wildman–Crippen LogP) is 2.97. The van der Waals surface area contributed by atoms with Crippen molar-refractivity contribution in [2.75, 3.05) is 0 Å². The van der Waals surface area contributed by atoms with Crippen LogP contribution in [-0.4, -0.2) is 25.1 Å². The average Bonchev–Trinajstić information content (AvgIpc) is 2.76. The van der Waals surface area contributed by atoms with Crippen molar-refractivity contribution < 1.29 is 5.11 Å². The van der Waals surface area contributed by atoms with E-state index in [1.807, 2.05) is 30.3 Å². The van der Waals surface area contributed by atoms with E-state index in [9.17, 15) is 5.11 Å². The van der Waals surface area contributed by atoms with E-state index in [1.165, 1.54) is 4.68 Å². The van der Waals surface area contributed by atoms with Gasteiger partial charge < -0.3 is 5.11 Å². The zero-order chi connectivity index (χ0) is 14.3. The fourth-order valence-electron chi connectivity index (χ4n) is 2.06. The Labute approximate surface area is 131 Å². The van der Waals surface area contributed by atoms with E-state index in [4.69, 9.17) is 0 Å². The largest absolute Gasteiger partial charge is 0.380 e. The van der Waals surface area contributed by atoms with Gasteiger partial charge in [-0.05, 0) is 44.0 Å². The minimum atomic E-state index is -0.914. The SMILES string of the molecule is Cn1nnc(Br)c1C(O)c1nc2ccccc2cc1Br. The fraction of sp³-hybridized carbons (Fsp3) is 0.154. The van der Waals surface area contributed by atoms with Crippen LogP contribution < -0.4 is 0 Å². The molecule has 5 nitrogen and oxygen atoms in total. The molecule has 1 N–H and O–H groups in total. The van der Waals surface area contributed by atoms with E-state index >= 15 is 0 Å². The first-order valence-electron chi connectivity index (χ1n) is 5.86. The molecular weight excluding hydrogens is 388 g/mol. The number of pyridine rings is 1. The summed E-state index contributed by atoms with van der Waals surface area (Å²) in [6.07, 6.45) is -0.914. The molecule has 0 aliphatic heterocycles. The van der Waals surface area contributed by atoms with Crippen LogP contribution in [0.1, 0.15) is 17.5 Å². The number of aryl methyl sites for hydroxylation is 1. The maximum Gasteiger partial charge on any atom is 0.154 e. The number of hydrogen-bond acceptors (Lipinski definition) is 4. The highest BCUT2D eigenvalue weighted by Crippen LogP contribution is 2.31. The maximum absolute atomic E-state index is 10.6. The summed E-state index contributed by atoms with van der Waals surface area (Å²) in [4.78, 5) is 4.53. The molecule has 102 valence electrons. The Morgan fingerprint density at radius 2 is 2.00 bits per heavy atom. The number of aliphatic hydroxyl groups excluding tert-OH is 1. The van der Waals surface area contributed by atoms with Gasteiger partial charge in [-0.1, -0.05) is 23.4 Å². The summed E-state index contributed by atoms with van der Waals surface area (Å²) in [6.45, 7) is 0. The van der Waals surface area contributed by atoms with Gasteiger partial charge in [0.1, 0.15) is 11.8 Å². The highest BCUT2D eigenvalue weighted by Gasteiger charge is 2.23. The molecule has 0 saturated carbocycles. The molecule has 3 aromatic rings. The molecule has 1 aromatic carbocycles. The van der Waals surface area contributed by atoms with Crippen LogP contribution in [0.2, 0.25) is 0 Å². The number of hydrogen-bond donors (Lipinski definition) is 1. The van der Waals surface area contributed by atoms with Crippen LogP contribution in [-0.2, 0) is 7.05 Å². The molecule has 3 rings (SSSR count). The van der Waals surface area contributed by atoms with Gasteiger partial charge in [0, 0.05) is 16.9 Å². The highest BCUT2D eigenvalue weighted by molar-refractivity contribution is 9.10. The van der Waals surface area contributed by atoms with Crippen molar-refractivity contribution in [1.29, 1.82) is 0 Å². The zero-order valence-corrected chi connectivity index (χ0v) is 13.6. The highest BCUT2D eigenvalue weighted by atomic mass is 79.9. The van der Waals surface area contributed by atoms with Gasteiger partial charge in [0.15, 0.2) is 4.60 Å². The lowest BCUT2D eigenvalue weighted by Crippen LogP contribution is -2.09. The molecule has 0 amide bonds. The van der Waals surface area contributed by atoms with Crippen LogP contribution in [0.5, 0.6) is 0 Å². The normalized spacial score (nSPS) is 12.8. The molecule has 0 bridgehead atoms. The lowest BCUT2D eigenvalue weighted by atomic mass is 10.1. The van der Waals surface area contributed by atoms with E-state index in [0.717, 1.165) is 15.4 Å². The summed E-state index contributed by atoms with van der Waals surface area (Å²) in [5, 5.41) is 19.3. The lowest BCUT2D eigenvalue weighted by Gasteiger charge is -2.13. The number of aliphatic hydroxyl groups is 1. The average molecular weight is 398 g/mol. The summed E-state index contributed by atoms with van der Waals surface area (Å²) < 4.78 is 2.78. The molecule has 0 saturated heterocycles. The topological polar surface area (TPSA) is 63.8 Å². The number of aromatic nitrogens is 4. The van der Waals surface area contributed by atoms with Gasteiger partial charge in [-0.2, -0.15) is 0 Å². The second-order valence-electron chi connectivity index (χ2n) is 4.34. The number of rotatable bonds is 2. The van der Waals surface area contributed by atoms with Crippen molar-refractivity contribution in [3.8, 4) is 0 Å². The molecule has 0 aliphatic carbocycles. The zero-order valence-electron chi connectivity index (χ0n) is 10.5. The van der Waals surface area contributed by atoms with Crippen LogP contribution in [0.25, 0.3) is 10.9 Å². The fourth-order valence-corrected chi connectivity index (χ4v) is 3.15. The van der Waals surface area contributed by atoms with Gasteiger partial charge in [0.05, 0.1) is 11.2 Å². The number of para-hydroxylation sites is 1. The summed E-state index contributed by atoms with van der Waals surface area (Å²) in [7, 11) is 1.73. The minimum absolute atomic E-state index is 0.509. The molecule has 0 fully saturated rings. The Bertz CT molecular complexity index is 768. The Hall–Kier alpha value is -1.31. The number of nitrogens with zero attached hydrogens (tertiary/aromatic N) is 4. The molecular formula is C13H10Br2N4O. The van der Waals surface area contributed by atoms with Gasteiger partial charge >= 0.3 is 0 Å². The van der Waals surface area contributed by atoms with Crippen LogP contribution in [0.4, 0.5) is 0 Å². The van der Waals surface area contributed by atoms with E-state index in [1.54, 1.807) is 7.05 Å². The molecule has 2 aromatic heterocycles. The van der Waals surface area contributed by atoms with Crippen LogP contribution in [0, 0.1) is 0 Å². The molecule has 7 heteroatoms. The third-order valence-corrected chi connectivity index (χ3v) is 4.25. The van der Waals surface area contributed by atoms with Gasteiger partial charge in [0.25, 0.3) is 0 Å². The van der Waals surface area contributed by atoms with Gasteiger partial charge in [-0.15, -0.1) is 5.10 Å². The maximum atomic E-state index is 10.6. The summed E-state index contributed by atoms with van der Waals surface area (Å²) in [5.41, 5.74) is 1.93. The van der Waals surface area contributed by atoms with Crippen molar-refractivity contribution in [2.45, 2.75) is 6.10 Å². The third-order valence-electron chi connectivity index (χ3n) is 3.05. The van der Waals surface area contributed by atoms with Crippen molar-refractivity contribution in [2.24, 2.45) is 7.05 Å². The number of benzene rings is 1. The Balaban J connectivity index is 2.16. The van der Waals surface area contributed by atoms with Crippen LogP contribution >= 0.6 is 31.9 Å². The Morgan fingerprint density at radius 3 is 2.70 bits per heavy atom. The Kier molecular flexibility index (Phi) is 3.57. The van der Waals surface area contributed by atoms with Crippen LogP contribution in [0.3, 0.4) is 0 Å². The first-order chi connectivity index (χ1) is 9.58. The van der Waals surface area contributed by atoms with E-state index < -0.39 is 6.10 Å². The van der Waals surface area contributed by atoms with Gasteiger partial charge in [-0.3, -0.25) is 0 Å². The smallest absolute Gasteiger partial charge is 0.154 e. The van der Waals surface area contributed by atoms with Crippen LogP contribution in [0.15, 0.2) is 39.4 Å². The van der Waals surface area contributed by atoms with Crippen molar-refractivity contribution in [3.05, 3.63) is 50.8 Å². The lowest BCUT2D eigenvalue weighted by molar-refractivity contribution is 0.203. The molecule has 1 unspecified atom stereocenters. The van der Waals surface area contributed by atoms with Crippen molar-refractivity contribution in [3.63, 3.8) is 0 Å².